The molecule has 0 N–H and O–H groups in total. The summed E-state index contributed by atoms with van der Waals surface area (Å²) in [4.78, 5) is 0.384. The molecule has 2 aromatic rings. The average molecular weight is 441 g/mol. The molecule has 1 fully saturated rings. The van der Waals surface area contributed by atoms with Gasteiger partial charge in [0.05, 0.1) is 10.4 Å². The second-order valence-corrected chi connectivity index (χ2v) is 8.65. The van der Waals surface area contributed by atoms with Crippen molar-refractivity contribution in [3.05, 3.63) is 65.7 Å². The summed E-state index contributed by atoms with van der Waals surface area (Å²) >= 11 is 2.32. The minimum absolute atomic E-state index is 0.384. The van der Waals surface area contributed by atoms with E-state index in [1.165, 1.54) is 0 Å². The molecule has 0 aliphatic carbocycles. The highest BCUT2D eigenvalue weighted by atomic mass is 127. The van der Waals surface area contributed by atoms with Crippen LogP contribution in [0, 0.1) is 6.92 Å². The van der Waals surface area contributed by atoms with E-state index < -0.39 is 15.6 Å². The number of alkyl halides is 1. The van der Waals surface area contributed by atoms with Crippen LogP contribution >= 0.6 is 22.6 Å². The molecule has 5 heteroatoms. The maximum absolute atomic E-state index is 13.2. The fraction of sp³-hybridized carbons (Fsp3) is 0.333. The number of hydrogen-bond donors (Lipinski definition) is 0. The molecule has 1 saturated heterocycles. The highest BCUT2D eigenvalue weighted by molar-refractivity contribution is 14.1. The Hall–Kier alpha value is -0.920. The second kappa shape index (κ2) is 6.53. The van der Waals surface area contributed by atoms with E-state index in [9.17, 15) is 8.42 Å². The number of benzene rings is 2. The molecule has 1 heterocycles. The molecule has 2 aromatic carbocycles. The summed E-state index contributed by atoms with van der Waals surface area (Å²) in [7, 11) is -3.49. The van der Waals surface area contributed by atoms with Crippen LogP contribution < -0.4 is 0 Å². The quantitative estimate of drug-likeness (QED) is 0.529. The molecular formula is C18H20INO2S. The van der Waals surface area contributed by atoms with E-state index >= 15 is 0 Å². The van der Waals surface area contributed by atoms with E-state index in [4.69, 9.17) is 0 Å². The molecule has 3 rings (SSSR count). The van der Waals surface area contributed by atoms with Crippen molar-refractivity contribution in [2.24, 2.45) is 0 Å². The number of halogens is 1. The monoisotopic (exact) mass is 441 g/mol. The summed E-state index contributed by atoms with van der Waals surface area (Å²) in [6.45, 7) is 2.54. The Balaban J connectivity index is 2.08. The first-order chi connectivity index (χ1) is 11.0. The lowest BCUT2D eigenvalue weighted by atomic mass is 9.91. The maximum Gasteiger partial charge on any atom is 0.243 e. The largest absolute Gasteiger partial charge is 0.243 e. The van der Waals surface area contributed by atoms with Crippen molar-refractivity contribution in [2.75, 3.05) is 11.0 Å². The third-order valence-corrected chi connectivity index (χ3v) is 7.81. The lowest BCUT2D eigenvalue weighted by Gasteiger charge is -2.37. The number of sulfonamides is 1. The predicted molar refractivity (Wildman–Crippen MR) is 101 cm³/mol. The lowest BCUT2D eigenvalue weighted by Crippen LogP contribution is -2.46. The highest BCUT2D eigenvalue weighted by Gasteiger charge is 2.48. The van der Waals surface area contributed by atoms with Gasteiger partial charge in [0.15, 0.2) is 0 Å². The SMILES string of the molecule is Cc1ccc(S(=O)(=O)N2CCCC2(CI)c2ccccc2)cc1. The zero-order valence-corrected chi connectivity index (χ0v) is 16.0. The van der Waals surface area contributed by atoms with Gasteiger partial charge in [-0.1, -0.05) is 70.6 Å². The first-order valence-corrected chi connectivity index (χ1v) is 10.7. The van der Waals surface area contributed by atoms with Gasteiger partial charge in [-0.3, -0.25) is 0 Å². The Morgan fingerprint density at radius 2 is 1.74 bits per heavy atom. The molecule has 0 saturated carbocycles. The standard InChI is InChI=1S/C18H20INO2S/c1-15-8-10-17(11-9-15)23(21,22)20-13-5-12-18(20,14-19)16-6-3-2-4-7-16/h2-4,6-11H,5,12-14H2,1H3. The zero-order valence-electron chi connectivity index (χ0n) is 13.1. The first kappa shape index (κ1) is 16.9. The number of nitrogens with zero attached hydrogens (tertiary/aromatic N) is 1. The minimum atomic E-state index is -3.49. The van der Waals surface area contributed by atoms with Gasteiger partial charge in [-0.05, 0) is 37.5 Å². The van der Waals surface area contributed by atoms with Crippen LogP contribution in [0.25, 0.3) is 0 Å². The number of rotatable bonds is 4. The van der Waals surface area contributed by atoms with Crippen LogP contribution in [-0.2, 0) is 15.6 Å². The number of hydrogen-bond acceptors (Lipinski definition) is 2. The van der Waals surface area contributed by atoms with Crippen LogP contribution in [-0.4, -0.2) is 23.7 Å². The summed E-state index contributed by atoms with van der Waals surface area (Å²) in [6.07, 6.45) is 1.76. The zero-order chi connectivity index (χ0) is 16.5. The Morgan fingerprint density at radius 3 is 2.35 bits per heavy atom. The summed E-state index contributed by atoms with van der Waals surface area (Å²) in [5, 5.41) is 0. The van der Waals surface area contributed by atoms with Crippen LogP contribution in [0.15, 0.2) is 59.5 Å². The van der Waals surface area contributed by atoms with Gasteiger partial charge in [0, 0.05) is 11.0 Å². The molecule has 1 aliphatic rings. The molecule has 0 spiro atoms. The average Bonchev–Trinajstić information content (AvgIpc) is 3.02. The van der Waals surface area contributed by atoms with Crippen molar-refractivity contribution < 1.29 is 8.42 Å². The van der Waals surface area contributed by atoms with Gasteiger partial charge in [0.25, 0.3) is 0 Å². The Bertz CT molecular complexity index is 774. The minimum Gasteiger partial charge on any atom is -0.207 e. The summed E-state index contributed by atoms with van der Waals surface area (Å²) in [6, 6.07) is 17.2. The molecule has 3 nitrogen and oxygen atoms in total. The normalized spacial score (nSPS) is 22.3. The van der Waals surface area contributed by atoms with Crippen LogP contribution in [0.3, 0.4) is 0 Å². The fourth-order valence-electron chi connectivity index (χ4n) is 3.29. The lowest BCUT2D eigenvalue weighted by molar-refractivity contribution is 0.281. The molecule has 122 valence electrons. The Kier molecular flexibility index (Phi) is 4.80. The van der Waals surface area contributed by atoms with Crippen molar-refractivity contribution in [1.82, 2.24) is 4.31 Å². The molecule has 0 bridgehead atoms. The maximum atomic E-state index is 13.2. The Morgan fingerprint density at radius 1 is 1.09 bits per heavy atom. The summed E-state index contributed by atoms with van der Waals surface area (Å²) in [5.74, 6) is 0. The fourth-order valence-corrected chi connectivity index (χ4v) is 6.58. The van der Waals surface area contributed by atoms with Crippen molar-refractivity contribution in [2.45, 2.75) is 30.2 Å². The first-order valence-electron chi connectivity index (χ1n) is 7.72. The topological polar surface area (TPSA) is 37.4 Å². The van der Waals surface area contributed by atoms with Gasteiger partial charge in [-0.2, -0.15) is 4.31 Å². The molecule has 0 amide bonds. The molecular weight excluding hydrogens is 421 g/mol. The van der Waals surface area contributed by atoms with Crippen molar-refractivity contribution in [3.8, 4) is 0 Å². The third-order valence-electron chi connectivity index (χ3n) is 4.57. The van der Waals surface area contributed by atoms with Crippen LogP contribution in [0.1, 0.15) is 24.0 Å². The van der Waals surface area contributed by atoms with E-state index in [0.717, 1.165) is 28.4 Å². The highest BCUT2D eigenvalue weighted by Crippen LogP contribution is 2.43. The molecule has 1 aliphatic heterocycles. The Labute approximate surface area is 151 Å². The molecule has 0 radical (unpaired) electrons. The van der Waals surface area contributed by atoms with Crippen molar-refractivity contribution in [1.29, 1.82) is 0 Å². The van der Waals surface area contributed by atoms with Gasteiger partial charge < -0.3 is 0 Å². The van der Waals surface area contributed by atoms with Gasteiger partial charge in [0.1, 0.15) is 0 Å². The van der Waals surface area contributed by atoms with E-state index in [0.29, 0.717) is 11.4 Å². The van der Waals surface area contributed by atoms with Crippen molar-refractivity contribution >= 4 is 32.6 Å². The van der Waals surface area contributed by atoms with E-state index in [-0.39, 0.29) is 0 Å². The number of aryl methyl sites for hydroxylation is 1. The van der Waals surface area contributed by atoms with Gasteiger partial charge in [-0.25, -0.2) is 8.42 Å². The van der Waals surface area contributed by atoms with Crippen LogP contribution in [0.5, 0.6) is 0 Å². The van der Waals surface area contributed by atoms with Gasteiger partial charge in [0.2, 0.25) is 10.0 Å². The van der Waals surface area contributed by atoms with Crippen LogP contribution in [0.4, 0.5) is 0 Å². The summed E-state index contributed by atoms with van der Waals surface area (Å²) < 4.78 is 28.9. The van der Waals surface area contributed by atoms with Gasteiger partial charge >= 0.3 is 0 Å². The van der Waals surface area contributed by atoms with E-state index in [2.05, 4.69) is 22.6 Å². The molecule has 1 unspecified atom stereocenters. The van der Waals surface area contributed by atoms with E-state index in [1.54, 1.807) is 16.4 Å². The molecule has 23 heavy (non-hydrogen) atoms. The van der Waals surface area contributed by atoms with Crippen LogP contribution in [0.2, 0.25) is 0 Å². The third kappa shape index (κ3) is 2.94. The smallest absolute Gasteiger partial charge is 0.207 e. The van der Waals surface area contributed by atoms with Crippen molar-refractivity contribution in [3.63, 3.8) is 0 Å². The predicted octanol–water partition coefficient (Wildman–Crippen LogP) is 4.11. The van der Waals surface area contributed by atoms with E-state index in [1.807, 2.05) is 49.4 Å². The second-order valence-electron chi connectivity index (χ2n) is 6.03. The molecule has 1 atom stereocenters. The molecule has 0 aromatic heterocycles. The summed E-state index contributed by atoms with van der Waals surface area (Å²) in [5.41, 5.74) is 1.71. The van der Waals surface area contributed by atoms with Gasteiger partial charge in [-0.15, -0.1) is 0 Å².